The van der Waals surface area contributed by atoms with Crippen molar-refractivity contribution in [2.24, 2.45) is 0 Å². The van der Waals surface area contributed by atoms with Crippen LogP contribution in [0.2, 0.25) is 10.0 Å². The van der Waals surface area contributed by atoms with Crippen LogP contribution in [0.3, 0.4) is 0 Å². The maximum atomic E-state index is 5.80. The molecule has 0 aliphatic heterocycles. The molecule has 0 fully saturated rings. The Bertz CT molecular complexity index is 263. The zero-order valence-corrected chi connectivity index (χ0v) is 8.21. The lowest BCUT2D eigenvalue weighted by Crippen LogP contribution is -2.16. The monoisotopic (exact) mass is 204 g/mol. The van der Waals surface area contributed by atoms with Gasteiger partial charge >= 0.3 is 0 Å². The molecule has 66 valence electrons. The molecule has 2 N–H and O–H groups in total. The van der Waals surface area contributed by atoms with E-state index in [1.807, 2.05) is 13.1 Å². The predicted octanol–water partition coefficient (Wildman–Crippen LogP) is 2.58. The van der Waals surface area contributed by atoms with Crippen molar-refractivity contribution in [2.75, 3.05) is 19.0 Å². The van der Waals surface area contributed by atoms with E-state index in [4.69, 9.17) is 23.2 Å². The summed E-state index contributed by atoms with van der Waals surface area (Å²) in [6, 6.07) is 5.44. The molecule has 4 heteroatoms. The summed E-state index contributed by atoms with van der Waals surface area (Å²) in [4.78, 5) is 0. The Morgan fingerprint density at radius 1 is 1.25 bits per heavy atom. The molecule has 0 saturated carbocycles. The number of halogens is 2. The van der Waals surface area contributed by atoms with Crippen LogP contribution in [0.1, 0.15) is 0 Å². The van der Waals surface area contributed by atoms with Crippen LogP contribution in [0.5, 0.6) is 0 Å². The van der Waals surface area contributed by atoms with E-state index in [2.05, 4.69) is 10.6 Å². The highest BCUT2D eigenvalue weighted by Crippen LogP contribution is 2.24. The molecule has 1 aromatic rings. The van der Waals surface area contributed by atoms with Gasteiger partial charge in [-0.3, -0.25) is 0 Å². The lowest BCUT2D eigenvalue weighted by Gasteiger charge is -2.05. The molecule has 1 rings (SSSR count). The summed E-state index contributed by atoms with van der Waals surface area (Å²) in [5.41, 5.74) is 0.957. The van der Waals surface area contributed by atoms with Crippen LogP contribution in [-0.4, -0.2) is 13.7 Å². The fourth-order valence-corrected chi connectivity index (χ4v) is 1.09. The molecule has 0 aromatic heterocycles. The van der Waals surface area contributed by atoms with Gasteiger partial charge in [0.2, 0.25) is 0 Å². The van der Waals surface area contributed by atoms with Crippen molar-refractivity contribution in [2.45, 2.75) is 0 Å². The van der Waals surface area contributed by atoms with Crippen LogP contribution in [-0.2, 0) is 0 Å². The van der Waals surface area contributed by atoms with Gasteiger partial charge in [0.1, 0.15) is 0 Å². The number of hydrogen-bond donors (Lipinski definition) is 2. The van der Waals surface area contributed by atoms with Crippen molar-refractivity contribution in [1.82, 2.24) is 5.32 Å². The summed E-state index contributed by atoms with van der Waals surface area (Å²) in [5.74, 6) is 0. The molecular weight excluding hydrogens is 195 g/mol. The quantitative estimate of drug-likeness (QED) is 0.741. The number of benzene rings is 1. The first-order chi connectivity index (χ1) is 5.74. The van der Waals surface area contributed by atoms with Gasteiger partial charge in [0, 0.05) is 5.69 Å². The zero-order chi connectivity index (χ0) is 8.97. The first-order valence-electron chi connectivity index (χ1n) is 3.57. The number of nitrogens with one attached hydrogen (secondary N) is 2. The van der Waals surface area contributed by atoms with Gasteiger partial charge in [-0.1, -0.05) is 23.2 Å². The van der Waals surface area contributed by atoms with Gasteiger partial charge in [-0.15, -0.1) is 0 Å². The molecule has 2 nitrogen and oxygen atoms in total. The number of rotatable bonds is 3. The van der Waals surface area contributed by atoms with Crippen molar-refractivity contribution >= 4 is 28.9 Å². The van der Waals surface area contributed by atoms with E-state index in [0.29, 0.717) is 16.7 Å². The fourth-order valence-electron chi connectivity index (χ4n) is 0.797. The second-order valence-electron chi connectivity index (χ2n) is 2.34. The molecular formula is C8H10Cl2N2. The standard InChI is InChI=1S/C8H10Cl2N2/c1-11-5-12-6-2-3-7(9)8(10)4-6/h2-4,11-12H,5H2,1H3. The van der Waals surface area contributed by atoms with E-state index in [-0.39, 0.29) is 0 Å². The maximum absolute atomic E-state index is 5.80. The summed E-state index contributed by atoms with van der Waals surface area (Å²) in [7, 11) is 1.87. The van der Waals surface area contributed by atoms with Crippen LogP contribution in [0, 0.1) is 0 Å². The highest BCUT2D eigenvalue weighted by Gasteiger charge is 1.97. The second kappa shape index (κ2) is 4.55. The molecule has 0 atom stereocenters. The Hall–Kier alpha value is -0.440. The molecule has 12 heavy (non-hydrogen) atoms. The molecule has 0 amide bonds. The first-order valence-corrected chi connectivity index (χ1v) is 4.33. The fraction of sp³-hybridized carbons (Fsp3) is 0.250. The summed E-state index contributed by atoms with van der Waals surface area (Å²) in [5, 5.41) is 7.21. The maximum Gasteiger partial charge on any atom is 0.0650 e. The molecule has 0 radical (unpaired) electrons. The predicted molar refractivity (Wildman–Crippen MR) is 54.0 cm³/mol. The molecule has 0 heterocycles. The summed E-state index contributed by atoms with van der Waals surface area (Å²) in [6.45, 7) is 0.706. The SMILES string of the molecule is CNCNc1ccc(Cl)c(Cl)c1. The number of hydrogen-bond acceptors (Lipinski definition) is 2. The van der Waals surface area contributed by atoms with Crippen LogP contribution in [0.4, 0.5) is 5.69 Å². The van der Waals surface area contributed by atoms with Crippen molar-refractivity contribution in [1.29, 1.82) is 0 Å². The van der Waals surface area contributed by atoms with Crippen LogP contribution in [0.25, 0.3) is 0 Å². The largest absolute Gasteiger partial charge is 0.372 e. The lowest BCUT2D eigenvalue weighted by atomic mass is 10.3. The number of anilines is 1. The van der Waals surface area contributed by atoms with E-state index in [1.165, 1.54) is 0 Å². The van der Waals surface area contributed by atoms with Gasteiger partial charge in [-0.05, 0) is 25.2 Å². The molecule has 0 aliphatic carbocycles. The smallest absolute Gasteiger partial charge is 0.0650 e. The van der Waals surface area contributed by atoms with E-state index in [9.17, 15) is 0 Å². The van der Waals surface area contributed by atoms with Crippen molar-refractivity contribution < 1.29 is 0 Å². The Balaban J connectivity index is 2.69. The van der Waals surface area contributed by atoms with Gasteiger partial charge in [0.25, 0.3) is 0 Å². The minimum absolute atomic E-state index is 0.567. The molecule has 0 unspecified atom stereocenters. The average Bonchev–Trinajstić information content (AvgIpc) is 2.07. The van der Waals surface area contributed by atoms with Gasteiger partial charge in [-0.25, -0.2) is 0 Å². The van der Waals surface area contributed by atoms with Gasteiger partial charge in [0.05, 0.1) is 16.7 Å². The normalized spacial score (nSPS) is 9.92. The lowest BCUT2D eigenvalue weighted by molar-refractivity contribution is 0.874. The van der Waals surface area contributed by atoms with Crippen molar-refractivity contribution in [3.8, 4) is 0 Å². The van der Waals surface area contributed by atoms with E-state index >= 15 is 0 Å². The molecule has 0 bridgehead atoms. The highest BCUT2D eigenvalue weighted by molar-refractivity contribution is 6.42. The van der Waals surface area contributed by atoms with Crippen LogP contribution < -0.4 is 10.6 Å². The minimum Gasteiger partial charge on any atom is -0.372 e. The Kier molecular flexibility index (Phi) is 3.66. The third kappa shape index (κ3) is 2.55. The van der Waals surface area contributed by atoms with E-state index in [0.717, 1.165) is 5.69 Å². The molecule has 1 aromatic carbocycles. The first kappa shape index (κ1) is 9.65. The molecule has 0 spiro atoms. The van der Waals surface area contributed by atoms with Crippen LogP contribution in [0.15, 0.2) is 18.2 Å². The summed E-state index contributed by atoms with van der Waals surface area (Å²) in [6.07, 6.45) is 0. The minimum atomic E-state index is 0.567. The Morgan fingerprint density at radius 2 is 2.00 bits per heavy atom. The topological polar surface area (TPSA) is 24.1 Å². The van der Waals surface area contributed by atoms with E-state index in [1.54, 1.807) is 12.1 Å². The van der Waals surface area contributed by atoms with E-state index < -0.39 is 0 Å². The van der Waals surface area contributed by atoms with Crippen molar-refractivity contribution in [3.05, 3.63) is 28.2 Å². The third-order valence-electron chi connectivity index (χ3n) is 1.39. The zero-order valence-electron chi connectivity index (χ0n) is 6.70. The van der Waals surface area contributed by atoms with Crippen LogP contribution >= 0.6 is 23.2 Å². The van der Waals surface area contributed by atoms with Gasteiger partial charge in [0.15, 0.2) is 0 Å². The highest BCUT2D eigenvalue weighted by atomic mass is 35.5. The van der Waals surface area contributed by atoms with Crippen molar-refractivity contribution in [3.63, 3.8) is 0 Å². The Labute approximate surface area is 81.9 Å². The third-order valence-corrected chi connectivity index (χ3v) is 2.13. The molecule has 0 aliphatic rings. The second-order valence-corrected chi connectivity index (χ2v) is 3.15. The Morgan fingerprint density at radius 3 is 2.58 bits per heavy atom. The van der Waals surface area contributed by atoms with Gasteiger partial charge < -0.3 is 10.6 Å². The summed E-state index contributed by atoms with van der Waals surface area (Å²) < 4.78 is 0. The van der Waals surface area contributed by atoms with Gasteiger partial charge in [-0.2, -0.15) is 0 Å². The molecule has 0 saturated heterocycles. The average molecular weight is 205 g/mol. The summed E-state index contributed by atoms with van der Waals surface area (Å²) >= 11 is 11.5.